The Hall–Kier alpha value is -2.06. The summed E-state index contributed by atoms with van der Waals surface area (Å²) in [5.41, 5.74) is 0.401. The van der Waals surface area contributed by atoms with Gasteiger partial charge in [0.1, 0.15) is 11.6 Å². The van der Waals surface area contributed by atoms with Crippen molar-refractivity contribution in [3.63, 3.8) is 0 Å². The first-order valence-corrected chi connectivity index (χ1v) is 11.5. The molecule has 176 valence electrons. The zero-order valence-electron chi connectivity index (χ0n) is 20.4. The number of nitrogens with one attached hydrogen (secondary N) is 2. The zero-order chi connectivity index (χ0) is 23.7. The highest BCUT2D eigenvalue weighted by Gasteiger charge is 2.51. The molecule has 3 rings (SSSR count). The van der Waals surface area contributed by atoms with Crippen LogP contribution in [0.15, 0.2) is 24.3 Å². The average molecular weight is 444 g/mol. The Balaban J connectivity index is 1.68. The average Bonchev–Trinajstić information content (AvgIpc) is 2.84. The molecular weight excluding hydrogens is 407 g/mol. The number of hydrogen-bond donors (Lipinski definition) is 2. The van der Waals surface area contributed by atoms with Crippen molar-refractivity contribution in [3.8, 4) is 0 Å². The molecule has 1 heterocycles. The molecule has 0 bridgehead atoms. The molecule has 1 saturated heterocycles. The number of carbonyl (C=O) groups excluding carboxylic acids is 2. The van der Waals surface area contributed by atoms with Crippen LogP contribution in [0.1, 0.15) is 73.3 Å². The third-order valence-corrected chi connectivity index (χ3v) is 6.40. The van der Waals surface area contributed by atoms with Gasteiger partial charge in [0.05, 0.1) is 11.2 Å². The second-order valence-corrected chi connectivity index (χ2v) is 10.9. The van der Waals surface area contributed by atoms with E-state index < -0.39 is 36.1 Å². The first-order valence-electron chi connectivity index (χ1n) is 11.5. The Morgan fingerprint density at radius 2 is 1.66 bits per heavy atom. The van der Waals surface area contributed by atoms with Gasteiger partial charge in [0.15, 0.2) is 0 Å². The smallest absolute Gasteiger partial charge is 0.444 e. The van der Waals surface area contributed by atoms with Crippen LogP contribution in [0.2, 0.25) is 0 Å². The summed E-state index contributed by atoms with van der Waals surface area (Å²) >= 11 is 0. The number of carbonyl (C=O) groups is 2. The maximum atomic E-state index is 12.8. The van der Waals surface area contributed by atoms with Crippen LogP contribution in [0.5, 0.6) is 0 Å². The van der Waals surface area contributed by atoms with E-state index in [-0.39, 0.29) is 11.9 Å². The number of amides is 2. The van der Waals surface area contributed by atoms with Gasteiger partial charge in [-0.05, 0) is 78.8 Å². The summed E-state index contributed by atoms with van der Waals surface area (Å²) < 4.78 is 17.6. The maximum absolute atomic E-state index is 12.8. The fraction of sp³-hybridized carbons (Fsp3) is 0.667. The summed E-state index contributed by atoms with van der Waals surface area (Å²) in [5, 5.41) is 5.77. The fourth-order valence-corrected chi connectivity index (χ4v) is 3.54. The lowest BCUT2D eigenvalue weighted by Crippen LogP contribution is -2.52. The largest absolute Gasteiger partial charge is 0.494 e. The van der Waals surface area contributed by atoms with Crippen molar-refractivity contribution < 1.29 is 23.6 Å². The number of alkyl carbamates (subject to hydrolysis) is 1. The quantitative estimate of drug-likeness (QED) is 0.659. The number of rotatable bonds is 6. The van der Waals surface area contributed by atoms with Gasteiger partial charge in [-0.25, -0.2) is 4.79 Å². The molecule has 1 aliphatic heterocycles. The van der Waals surface area contributed by atoms with Gasteiger partial charge in [-0.3, -0.25) is 4.79 Å². The molecule has 0 radical (unpaired) electrons. The lowest BCUT2D eigenvalue weighted by atomic mass is 9.78. The molecule has 1 atom stereocenters. The first-order chi connectivity index (χ1) is 14.8. The summed E-state index contributed by atoms with van der Waals surface area (Å²) in [5.74, 6) is -0.185. The summed E-state index contributed by atoms with van der Waals surface area (Å²) in [6.45, 7) is 13.5. The predicted octanol–water partition coefficient (Wildman–Crippen LogP) is 3.09. The van der Waals surface area contributed by atoms with Crippen molar-refractivity contribution in [2.24, 2.45) is 0 Å². The molecule has 1 aromatic rings. The minimum atomic E-state index is -0.715. The summed E-state index contributed by atoms with van der Waals surface area (Å²) in [6.07, 6.45) is 2.85. The van der Waals surface area contributed by atoms with Crippen LogP contribution in [-0.2, 0) is 25.3 Å². The Bertz CT molecular complexity index is 812. The molecule has 1 aliphatic carbocycles. The van der Waals surface area contributed by atoms with E-state index in [1.165, 1.54) is 0 Å². The zero-order valence-corrected chi connectivity index (χ0v) is 20.4. The molecule has 8 heteroatoms. The third kappa shape index (κ3) is 6.04. The van der Waals surface area contributed by atoms with Gasteiger partial charge in [-0.15, -0.1) is 0 Å². The van der Waals surface area contributed by atoms with Gasteiger partial charge < -0.3 is 24.7 Å². The molecule has 0 spiro atoms. The molecule has 2 amide bonds. The third-order valence-electron chi connectivity index (χ3n) is 6.40. The van der Waals surface area contributed by atoms with E-state index in [1.807, 2.05) is 52.0 Å². The molecule has 2 N–H and O–H groups in total. The van der Waals surface area contributed by atoms with Crippen molar-refractivity contribution in [2.45, 2.75) is 103 Å². The monoisotopic (exact) mass is 444 g/mol. The SMILES string of the molecule is CC(C)(C)OC(=O)N[C@@H](Cc1ccc(B2OC(C)(C)C(C)(C)O2)cc1)C(=O)NC1CCC1. The Morgan fingerprint density at radius 3 is 2.12 bits per heavy atom. The van der Waals surface area contributed by atoms with Crippen molar-refractivity contribution in [2.75, 3.05) is 0 Å². The minimum absolute atomic E-state index is 0.185. The van der Waals surface area contributed by atoms with E-state index in [1.54, 1.807) is 20.8 Å². The van der Waals surface area contributed by atoms with Gasteiger partial charge in [0, 0.05) is 12.5 Å². The molecule has 0 aromatic heterocycles. The molecule has 2 aliphatic rings. The summed E-state index contributed by atoms with van der Waals surface area (Å²) in [7, 11) is -0.438. The standard InChI is InChI=1S/C24H37BN2O5/c1-22(2,3)30-21(29)27-19(20(28)26-18-9-8-10-18)15-16-11-13-17(14-12-16)25-31-23(4,5)24(6,7)32-25/h11-14,18-19H,8-10,15H2,1-7H3,(H,26,28)(H,27,29)/t19-/m0/s1. The van der Waals surface area contributed by atoms with Crippen molar-refractivity contribution in [3.05, 3.63) is 29.8 Å². The highest BCUT2D eigenvalue weighted by atomic mass is 16.7. The Kier molecular flexibility index (Phi) is 6.96. The molecule has 1 aromatic carbocycles. The van der Waals surface area contributed by atoms with E-state index in [2.05, 4.69) is 10.6 Å². The molecular formula is C24H37BN2O5. The Morgan fingerprint density at radius 1 is 1.09 bits per heavy atom. The molecule has 2 fully saturated rings. The minimum Gasteiger partial charge on any atom is -0.444 e. The van der Waals surface area contributed by atoms with Crippen molar-refractivity contribution >= 4 is 24.6 Å². The molecule has 7 nitrogen and oxygen atoms in total. The first kappa shape index (κ1) is 24.6. The predicted molar refractivity (Wildman–Crippen MR) is 125 cm³/mol. The summed E-state index contributed by atoms with van der Waals surface area (Å²) in [4.78, 5) is 25.2. The van der Waals surface area contributed by atoms with E-state index in [0.29, 0.717) is 6.42 Å². The maximum Gasteiger partial charge on any atom is 0.494 e. The van der Waals surface area contributed by atoms with Crippen molar-refractivity contribution in [1.29, 1.82) is 0 Å². The van der Waals surface area contributed by atoms with Gasteiger partial charge >= 0.3 is 13.2 Å². The van der Waals surface area contributed by atoms with Crippen LogP contribution in [0.25, 0.3) is 0 Å². The topological polar surface area (TPSA) is 85.9 Å². The lowest BCUT2D eigenvalue weighted by molar-refractivity contribution is -0.124. The lowest BCUT2D eigenvalue weighted by Gasteiger charge is -2.32. The van der Waals surface area contributed by atoms with Crippen LogP contribution in [0.3, 0.4) is 0 Å². The van der Waals surface area contributed by atoms with Crippen LogP contribution in [0, 0.1) is 0 Å². The number of benzene rings is 1. The van der Waals surface area contributed by atoms with Gasteiger partial charge in [0.25, 0.3) is 0 Å². The second-order valence-electron chi connectivity index (χ2n) is 10.9. The second kappa shape index (κ2) is 9.06. The van der Waals surface area contributed by atoms with Gasteiger partial charge in [-0.2, -0.15) is 0 Å². The normalized spacial score (nSPS) is 20.9. The molecule has 32 heavy (non-hydrogen) atoms. The van der Waals surface area contributed by atoms with E-state index >= 15 is 0 Å². The van der Waals surface area contributed by atoms with Crippen molar-refractivity contribution in [1.82, 2.24) is 10.6 Å². The van der Waals surface area contributed by atoms with Crippen LogP contribution >= 0.6 is 0 Å². The molecule has 1 saturated carbocycles. The highest BCUT2D eigenvalue weighted by Crippen LogP contribution is 2.36. The number of ether oxygens (including phenoxy) is 1. The van der Waals surface area contributed by atoms with E-state index in [9.17, 15) is 9.59 Å². The van der Waals surface area contributed by atoms with E-state index in [0.717, 1.165) is 30.3 Å². The fourth-order valence-electron chi connectivity index (χ4n) is 3.54. The Labute approximate surface area is 192 Å². The van der Waals surface area contributed by atoms with Crippen LogP contribution < -0.4 is 16.1 Å². The highest BCUT2D eigenvalue weighted by molar-refractivity contribution is 6.62. The summed E-state index contributed by atoms with van der Waals surface area (Å²) in [6, 6.07) is 7.27. The van der Waals surface area contributed by atoms with Gasteiger partial charge in [-0.1, -0.05) is 24.3 Å². The van der Waals surface area contributed by atoms with Crippen LogP contribution in [-0.4, -0.2) is 48.0 Å². The van der Waals surface area contributed by atoms with Crippen LogP contribution in [0.4, 0.5) is 4.79 Å². The van der Waals surface area contributed by atoms with E-state index in [4.69, 9.17) is 14.0 Å². The molecule has 0 unspecified atom stereocenters. The van der Waals surface area contributed by atoms with Gasteiger partial charge in [0.2, 0.25) is 5.91 Å². The number of hydrogen-bond acceptors (Lipinski definition) is 5.